The summed E-state index contributed by atoms with van der Waals surface area (Å²) < 4.78 is 0. The second-order valence-corrected chi connectivity index (χ2v) is 6.09. The Balaban J connectivity index is 2.18. The van der Waals surface area contributed by atoms with Crippen LogP contribution in [-0.4, -0.2) is 23.6 Å². The van der Waals surface area contributed by atoms with Gasteiger partial charge < -0.3 is 10.2 Å². The Morgan fingerprint density at radius 3 is 2.95 bits per heavy atom. The first-order chi connectivity index (χ1) is 9.09. The molecule has 1 saturated heterocycles. The Morgan fingerprint density at radius 1 is 1.42 bits per heavy atom. The van der Waals surface area contributed by atoms with Crippen molar-refractivity contribution in [3.05, 3.63) is 24.0 Å². The van der Waals surface area contributed by atoms with Crippen molar-refractivity contribution in [1.82, 2.24) is 10.3 Å². The lowest BCUT2D eigenvalue weighted by atomic mass is 9.91. The number of nitrogens with one attached hydrogen (secondary N) is 1. The Labute approximate surface area is 117 Å². The molecular weight excluding hydrogens is 234 g/mol. The van der Waals surface area contributed by atoms with Gasteiger partial charge in [0.15, 0.2) is 0 Å². The van der Waals surface area contributed by atoms with Crippen LogP contribution in [0, 0.1) is 5.92 Å². The van der Waals surface area contributed by atoms with Gasteiger partial charge in [0.05, 0.1) is 11.9 Å². The lowest BCUT2D eigenvalue weighted by molar-refractivity contribution is 0.362. The summed E-state index contributed by atoms with van der Waals surface area (Å²) in [4.78, 5) is 6.88. The maximum absolute atomic E-state index is 4.34. The molecule has 1 aliphatic heterocycles. The Kier molecular flexibility index (Phi) is 4.81. The summed E-state index contributed by atoms with van der Waals surface area (Å²) in [6.45, 7) is 11.2. The highest BCUT2D eigenvalue weighted by atomic mass is 15.2. The van der Waals surface area contributed by atoms with Gasteiger partial charge in [-0.15, -0.1) is 0 Å². The normalized spacial score (nSPS) is 23.9. The zero-order chi connectivity index (χ0) is 13.8. The molecule has 1 aromatic heterocycles. The van der Waals surface area contributed by atoms with E-state index in [1.54, 1.807) is 0 Å². The Bertz CT molecular complexity index is 403. The number of hydrogen-bond donors (Lipinski definition) is 1. The summed E-state index contributed by atoms with van der Waals surface area (Å²) in [6.07, 6.45) is 6.57. The fraction of sp³-hybridized carbons (Fsp3) is 0.688. The van der Waals surface area contributed by atoms with Crippen LogP contribution >= 0.6 is 0 Å². The molecule has 19 heavy (non-hydrogen) atoms. The first-order valence-corrected chi connectivity index (χ1v) is 7.52. The third-order valence-corrected chi connectivity index (χ3v) is 4.27. The van der Waals surface area contributed by atoms with Crippen LogP contribution in [0.2, 0.25) is 0 Å². The molecule has 0 aliphatic carbocycles. The van der Waals surface area contributed by atoms with Gasteiger partial charge in [0.1, 0.15) is 0 Å². The number of rotatable bonds is 4. The molecule has 3 heteroatoms. The van der Waals surface area contributed by atoms with Gasteiger partial charge in [-0.3, -0.25) is 4.98 Å². The molecule has 1 fully saturated rings. The van der Waals surface area contributed by atoms with Gasteiger partial charge in [-0.05, 0) is 37.3 Å². The minimum atomic E-state index is 0.513. The van der Waals surface area contributed by atoms with Crippen molar-refractivity contribution in [1.29, 1.82) is 0 Å². The molecule has 0 spiro atoms. The second-order valence-electron chi connectivity index (χ2n) is 6.09. The van der Waals surface area contributed by atoms with E-state index in [9.17, 15) is 0 Å². The van der Waals surface area contributed by atoms with Gasteiger partial charge >= 0.3 is 0 Å². The second kappa shape index (κ2) is 6.38. The summed E-state index contributed by atoms with van der Waals surface area (Å²) in [5.74, 6) is 0.764. The van der Waals surface area contributed by atoms with Gasteiger partial charge in [-0.2, -0.15) is 0 Å². The minimum absolute atomic E-state index is 0.513. The lowest BCUT2D eigenvalue weighted by Crippen LogP contribution is -2.43. The molecule has 2 atom stereocenters. The van der Waals surface area contributed by atoms with E-state index in [0.717, 1.165) is 19.0 Å². The molecule has 1 aliphatic rings. The highest BCUT2D eigenvalue weighted by molar-refractivity contribution is 5.53. The molecule has 106 valence electrons. The number of pyridine rings is 1. The molecule has 2 unspecified atom stereocenters. The minimum Gasteiger partial charge on any atom is -0.367 e. The predicted octanol–water partition coefficient (Wildman–Crippen LogP) is 3.20. The van der Waals surface area contributed by atoms with Crippen LogP contribution in [0.4, 0.5) is 5.69 Å². The predicted molar refractivity (Wildman–Crippen MR) is 81.4 cm³/mol. The van der Waals surface area contributed by atoms with E-state index in [1.807, 2.05) is 12.4 Å². The van der Waals surface area contributed by atoms with Crippen molar-refractivity contribution >= 4 is 5.69 Å². The maximum Gasteiger partial charge on any atom is 0.0600 e. The van der Waals surface area contributed by atoms with E-state index >= 15 is 0 Å². The third-order valence-electron chi connectivity index (χ3n) is 4.27. The van der Waals surface area contributed by atoms with Crippen molar-refractivity contribution in [3.63, 3.8) is 0 Å². The van der Waals surface area contributed by atoms with Crippen LogP contribution in [0.5, 0.6) is 0 Å². The van der Waals surface area contributed by atoms with E-state index in [-0.39, 0.29) is 0 Å². The maximum atomic E-state index is 4.34. The van der Waals surface area contributed by atoms with E-state index in [4.69, 9.17) is 0 Å². The molecule has 0 saturated carbocycles. The molecular formula is C16H27N3. The molecule has 0 bridgehead atoms. The molecule has 2 rings (SSSR count). The van der Waals surface area contributed by atoms with E-state index in [1.165, 1.54) is 24.1 Å². The fourth-order valence-corrected chi connectivity index (χ4v) is 2.81. The van der Waals surface area contributed by atoms with Crippen molar-refractivity contribution in [2.24, 2.45) is 5.92 Å². The lowest BCUT2D eigenvalue weighted by Gasteiger charge is -2.40. The molecule has 1 aromatic rings. The number of aromatic nitrogens is 1. The van der Waals surface area contributed by atoms with E-state index in [0.29, 0.717) is 12.1 Å². The van der Waals surface area contributed by atoms with Gasteiger partial charge in [0.2, 0.25) is 0 Å². The van der Waals surface area contributed by atoms with Crippen molar-refractivity contribution < 1.29 is 0 Å². The number of piperidine rings is 1. The summed E-state index contributed by atoms with van der Waals surface area (Å²) in [7, 11) is 0. The standard InChI is InChI=1S/C16H27N3/c1-12(2)18-10-15-7-8-17-11-16(15)19-9-5-6-13(3)14(19)4/h7-8,11-14,18H,5-6,9-10H2,1-4H3. The van der Waals surface area contributed by atoms with Crippen LogP contribution < -0.4 is 10.2 Å². The third kappa shape index (κ3) is 3.47. The van der Waals surface area contributed by atoms with Gasteiger partial charge in [0, 0.05) is 31.4 Å². The van der Waals surface area contributed by atoms with Gasteiger partial charge in [-0.1, -0.05) is 20.8 Å². The Hall–Kier alpha value is -1.09. The SMILES string of the molecule is CC(C)NCc1ccncc1N1CCCC(C)C1C. The largest absolute Gasteiger partial charge is 0.367 e. The van der Waals surface area contributed by atoms with Crippen LogP contribution in [0.15, 0.2) is 18.5 Å². The number of hydrogen-bond acceptors (Lipinski definition) is 3. The van der Waals surface area contributed by atoms with E-state index in [2.05, 4.69) is 49.0 Å². The van der Waals surface area contributed by atoms with Crippen LogP contribution in [0.25, 0.3) is 0 Å². The smallest absolute Gasteiger partial charge is 0.0600 e. The first-order valence-electron chi connectivity index (χ1n) is 7.52. The van der Waals surface area contributed by atoms with Gasteiger partial charge in [0.25, 0.3) is 0 Å². The summed E-state index contributed by atoms with van der Waals surface area (Å²) >= 11 is 0. The average molecular weight is 261 g/mol. The fourth-order valence-electron chi connectivity index (χ4n) is 2.81. The van der Waals surface area contributed by atoms with Crippen LogP contribution in [0.3, 0.4) is 0 Å². The summed E-state index contributed by atoms with van der Waals surface area (Å²) in [5, 5.41) is 3.51. The summed E-state index contributed by atoms with van der Waals surface area (Å²) in [5.41, 5.74) is 2.68. The summed E-state index contributed by atoms with van der Waals surface area (Å²) in [6, 6.07) is 3.27. The first kappa shape index (κ1) is 14.3. The van der Waals surface area contributed by atoms with Crippen LogP contribution in [-0.2, 0) is 6.54 Å². The molecule has 2 heterocycles. The highest BCUT2D eigenvalue weighted by Crippen LogP contribution is 2.30. The average Bonchev–Trinajstić information content (AvgIpc) is 2.40. The van der Waals surface area contributed by atoms with E-state index < -0.39 is 0 Å². The zero-order valence-electron chi connectivity index (χ0n) is 12.7. The van der Waals surface area contributed by atoms with Gasteiger partial charge in [-0.25, -0.2) is 0 Å². The number of anilines is 1. The molecule has 0 amide bonds. The van der Waals surface area contributed by atoms with Crippen LogP contribution in [0.1, 0.15) is 46.1 Å². The van der Waals surface area contributed by atoms with Crippen molar-refractivity contribution in [2.45, 2.75) is 59.2 Å². The monoisotopic (exact) mass is 261 g/mol. The van der Waals surface area contributed by atoms with Crippen molar-refractivity contribution in [3.8, 4) is 0 Å². The van der Waals surface area contributed by atoms with Crippen molar-refractivity contribution in [2.75, 3.05) is 11.4 Å². The zero-order valence-corrected chi connectivity index (χ0v) is 12.7. The molecule has 3 nitrogen and oxygen atoms in total. The topological polar surface area (TPSA) is 28.2 Å². The molecule has 0 aromatic carbocycles. The quantitative estimate of drug-likeness (QED) is 0.902. The number of nitrogens with zero attached hydrogens (tertiary/aromatic N) is 2. The highest BCUT2D eigenvalue weighted by Gasteiger charge is 2.26. The Morgan fingerprint density at radius 2 is 2.21 bits per heavy atom. The molecule has 0 radical (unpaired) electrons. The molecule has 1 N–H and O–H groups in total.